The number of likely N-dealkylation sites (N-methyl/N-ethyl adjacent to an activating group) is 1. The Labute approximate surface area is 369 Å². The topological polar surface area (TPSA) is 203 Å². The van der Waals surface area contributed by atoms with Crippen LogP contribution in [0.5, 0.6) is 0 Å². The van der Waals surface area contributed by atoms with Crippen molar-refractivity contribution in [2.45, 2.75) is 75.7 Å². The zero-order chi connectivity index (χ0) is 44.9. The van der Waals surface area contributed by atoms with Gasteiger partial charge in [0.15, 0.2) is 0 Å². The number of anilines is 1. The largest absolute Gasteiger partial charge is 0.480 e. The molecule has 5 aromatic rings. The van der Waals surface area contributed by atoms with E-state index in [0.29, 0.717) is 22.4 Å². The van der Waals surface area contributed by atoms with Gasteiger partial charge in [-0.15, -0.1) is 11.3 Å². The number of carbonyl (C=O) groups excluding carboxylic acids is 6. The summed E-state index contributed by atoms with van der Waals surface area (Å²) >= 11 is 1.40. The highest BCUT2D eigenvalue weighted by atomic mass is 32.1. The number of benzene rings is 4. The van der Waals surface area contributed by atoms with Gasteiger partial charge >= 0.3 is 5.97 Å². The molecule has 14 nitrogen and oxygen atoms in total. The molecule has 0 unspecified atom stereocenters. The Morgan fingerprint density at radius 2 is 1.17 bits per heavy atom. The van der Waals surface area contributed by atoms with Crippen molar-refractivity contribution in [3.63, 3.8) is 0 Å². The number of rotatable bonds is 10. The third kappa shape index (κ3) is 12.9. The Balaban J connectivity index is 1.38. The lowest BCUT2D eigenvalue weighted by molar-refractivity contribution is -0.149. The van der Waals surface area contributed by atoms with Gasteiger partial charge in [-0.1, -0.05) is 103 Å². The normalized spacial score (nSPS) is 19.6. The van der Waals surface area contributed by atoms with Crippen molar-refractivity contribution in [1.82, 2.24) is 26.2 Å². The van der Waals surface area contributed by atoms with E-state index < -0.39 is 71.6 Å². The summed E-state index contributed by atoms with van der Waals surface area (Å²) in [7, 11) is 1.33. The van der Waals surface area contributed by atoms with Crippen LogP contribution in [0.15, 0.2) is 127 Å². The van der Waals surface area contributed by atoms with Gasteiger partial charge in [-0.05, 0) is 58.3 Å². The van der Waals surface area contributed by atoms with E-state index in [0.717, 1.165) is 20.9 Å². The summed E-state index contributed by atoms with van der Waals surface area (Å²) < 4.78 is 0. The molecular weight excluding hydrogens is 821 g/mol. The SMILES string of the molecule is C[C@@H](C(=O)O)N(C)C(=O)[C@H]1Cc2ccc(cc2)NC(=O)CCC(=O)N[C@H](Cc2cccs2)C(=O)N[C@@H](Cc2ccc(-c3ccccc3)cc2)C(=O)N[C@H](Cc2ccccc2)C(=O)N1. The standard InChI is InChI=1S/C48H50N6O8S/c1-30(48(61)62)54(2)47(60)41-28-33-17-21-36(22-18-33)49-42(55)23-24-43(56)50-40(29-37-14-9-25-63-37)46(59)52-39(27-32-15-19-35(20-16-32)34-12-7-4-8-13-34)44(57)51-38(45(58)53-41)26-31-10-5-3-6-11-31/h3-22,25,30,38-41H,23-24,26-29H2,1-2H3,(H,49,55)(H,50,56)(H,51,57)(H,52,59)(H,53,58)(H,61,62)/t30-,38+,39-,40+,41+/m0/s1. The molecule has 63 heavy (non-hydrogen) atoms. The van der Waals surface area contributed by atoms with Crippen LogP contribution in [0, 0.1) is 0 Å². The summed E-state index contributed by atoms with van der Waals surface area (Å²) in [4.78, 5) is 97.5. The van der Waals surface area contributed by atoms with Crippen LogP contribution < -0.4 is 26.6 Å². The number of carboxylic acids is 1. The van der Waals surface area contributed by atoms with E-state index in [-0.39, 0.29) is 38.5 Å². The molecule has 7 rings (SSSR count). The molecule has 0 fully saturated rings. The maximum Gasteiger partial charge on any atom is 0.326 e. The average molecular weight is 871 g/mol. The Hall–Kier alpha value is -7.13. The van der Waals surface area contributed by atoms with Crippen molar-refractivity contribution < 1.29 is 38.7 Å². The van der Waals surface area contributed by atoms with Crippen molar-refractivity contribution in [2.75, 3.05) is 12.4 Å². The Morgan fingerprint density at radius 1 is 0.635 bits per heavy atom. The number of thiophene rings is 1. The number of fused-ring (bicyclic) bond motifs is 18. The van der Waals surface area contributed by atoms with Gasteiger partial charge in [-0.25, -0.2) is 4.79 Å². The molecule has 326 valence electrons. The molecular formula is C48H50N6O8S. The van der Waals surface area contributed by atoms with E-state index in [1.54, 1.807) is 48.5 Å². The molecule has 0 saturated heterocycles. The van der Waals surface area contributed by atoms with E-state index >= 15 is 0 Å². The zero-order valence-electron chi connectivity index (χ0n) is 34.9. The maximum absolute atomic E-state index is 14.6. The number of carboxylic acid groups (broad SMARTS) is 1. The van der Waals surface area contributed by atoms with Gasteiger partial charge in [0.25, 0.3) is 0 Å². The van der Waals surface area contributed by atoms with Gasteiger partial charge in [0, 0.05) is 56.1 Å². The highest BCUT2D eigenvalue weighted by molar-refractivity contribution is 7.09. The fourth-order valence-corrected chi connectivity index (χ4v) is 7.86. The molecule has 6 amide bonds. The Bertz CT molecular complexity index is 2380. The summed E-state index contributed by atoms with van der Waals surface area (Å²) in [6.07, 6.45) is -0.372. The van der Waals surface area contributed by atoms with Crippen LogP contribution in [0.4, 0.5) is 5.69 Å². The Morgan fingerprint density at radius 3 is 1.76 bits per heavy atom. The lowest BCUT2D eigenvalue weighted by atomic mass is 9.99. The fraction of sp³-hybridized carbons (Fsp3) is 0.271. The number of hydrogen-bond acceptors (Lipinski definition) is 8. The van der Waals surface area contributed by atoms with Gasteiger partial charge < -0.3 is 36.6 Å². The average Bonchev–Trinajstić information content (AvgIpc) is 3.81. The fourth-order valence-electron chi connectivity index (χ4n) is 7.10. The minimum absolute atomic E-state index is 0.000956. The van der Waals surface area contributed by atoms with Crippen LogP contribution in [0.2, 0.25) is 0 Å². The number of carbonyl (C=O) groups is 7. The molecule has 0 aliphatic carbocycles. The Kier molecular flexibility index (Phi) is 15.6. The molecule has 6 N–H and O–H groups in total. The third-order valence-corrected chi connectivity index (χ3v) is 11.7. The van der Waals surface area contributed by atoms with Gasteiger partial charge in [0.2, 0.25) is 35.4 Å². The van der Waals surface area contributed by atoms with E-state index in [2.05, 4.69) is 26.6 Å². The number of nitrogens with zero attached hydrogens (tertiary/aromatic N) is 1. The van der Waals surface area contributed by atoms with Crippen LogP contribution in [-0.2, 0) is 59.2 Å². The van der Waals surface area contributed by atoms with Crippen LogP contribution in [0.25, 0.3) is 11.1 Å². The molecule has 4 aromatic carbocycles. The van der Waals surface area contributed by atoms with Gasteiger partial charge in [0.05, 0.1) is 0 Å². The van der Waals surface area contributed by atoms with Gasteiger partial charge in [-0.3, -0.25) is 28.8 Å². The summed E-state index contributed by atoms with van der Waals surface area (Å²) in [5.41, 5.74) is 4.31. The van der Waals surface area contributed by atoms with Crippen molar-refractivity contribution in [2.24, 2.45) is 0 Å². The lowest BCUT2D eigenvalue weighted by Crippen LogP contribution is -2.60. The molecule has 2 aliphatic rings. The maximum atomic E-state index is 14.6. The first-order valence-corrected chi connectivity index (χ1v) is 21.5. The molecule has 2 bridgehead atoms. The predicted octanol–water partition coefficient (Wildman–Crippen LogP) is 4.29. The number of hydrogen-bond donors (Lipinski definition) is 6. The highest BCUT2D eigenvalue weighted by Gasteiger charge is 2.34. The third-order valence-electron chi connectivity index (χ3n) is 10.8. The van der Waals surface area contributed by atoms with Crippen LogP contribution >= 0.6 is 11.3 Å². The summed E-state index contributed by atoms with van der Waals surface area (Å²) in [5.74, 6) is -5.01. The summed E-state index contributed by atoms with van der Waals surface area (Å²) in [6, 6.07) is 30.2. The molecule has 0 radical (unpaired) electrons. The first-order valence-electron chi connectivity index (χ1n) is 20.6. The van der Waals surface area contributed by atoms with E-state index in [1.807, 2.05) is 78.2 Å². The van der Waals surface area contributed by atoms with Crippen molar-refractivity contribution in [3.8, 4) is 11.1 Å². The second kappa shape index (κ2) is 21.6. The number of nitrogens with one attached hydrogen (secondary N) is 5. The smallest absolute Gasteiger partial charge is 0.326 e. The molecule has 3 heterocycles. The minimum atomic E-state index is -1.28. The molecule has 0 spiro atoms. The lowest BCUT2D eigenvalue weighted by Gasteiger charge is -2.29. The number of amides is 6. The van der Waals surface area contributed by atoms with Crippen molar-refractivity contribution in [1.29, 1.82) is 0 Å². The summed E-state index contributed by atoms with van der Waals surface area (Å²) in [6.45, 7) is 1.35. The molecule has 5 atom stereocenters. The van der Waals surface area contributed by atoms with Crippen molar-refractivity contribution >= 4 is 58.4 Å². The van der Waals surface area contributed by atoms with Crippen LogP contribution in [0.1, 0.15) is 41.3 Å². The first kappa shape index (κ1) is 45.4. The van der Waals surface area contributed by atoms with Gasteiger partial charge in [0.1, 0.15) is 30.2 Å². The zero-order valence-corrected chi connectivity index (χ0v) is 35.7. The highest BCUT2D eigenvalue weighted by Crippen LogP contribution is 2.21. The minimum Gasteiger partial charge on any atom is -0.480 e. The second-order valence-corrected chi connectivity index (χ2v) is 16.5. The van der Waals surface area contributed by atoms with Crippen LogP contribution in [0.3, 0.4) is 0 Å². The van der Waals surface area contributed by atoms with E-state index in [9.17, 15) is 38.7 Å². The quantitative estimate of drug-likeness (QED) is 0.112. The summed E-state index contributed by atoms with van der Waals surface area (Å²) in [5, 5.41) is 25.6. The molecule has 1 aromatic heterocycles. The molecule has 0 saturated carbocycles. The van der Waals surface area contributed by atoms with E-state index in [4.69, 9.17) is 0 Å². The van der Waals surface area contributed by atoms with E-state index in [1.165, 1.54) is 25.3 Å². The molecule has 15 heteroatoms. The van der Waals surface area contributed by atoms with Gasteiger partial charge in [-0.2, -0.15) is 0 Å². The second-order valence-electron chi connectivity index (χ2n) is 15.5. The number of aliphatic carboxylic acids is 1. The van der Waals surface area contributed by atoms with Crippen molar-refractivity contribution in [3.05, 3.63) is 148 Å². The predicted molar refractivity (Wildman–Crippen MR) is 239 cm³/mol. The van der Waals surface area contributed by atoms with Crippen LogP contribution in [-0.4, -0.2) is 88.7 Å². The monoisotopic (exact) mass is 870 g/mol. The first-order chi connectivity index (χ1) is 30.3. The molecule has 2 aliphatic heterocycles.